The van der Waals surface area contributed by atoms with Crippen molar-refractivity contribution in [1.29, 1.82) is 0 Å². The molecule has 3 rings (SSSR count). The van der Waals surface area contributed by atoms with E-state index in [1.807, 2.05) is 59.7 Å². The molecule has 2 aromatic carbocycles. The lowest BCUT2D eigenvalue weighted by atomic mass is 10.0. The van der Waals surface area contributed by atoms with Gasteiger partial charge in [-0.1, -0.05) is 57.2 Å². The minimum absolute atomic E-state index is 0.00143. The first-order valence-electron chi connectivity index (χ1n) is 11.6. The number of hydrogen-bond donors (Lipinski definition) is 1. The molecule has 0 saturated carbocycles. The molecule has 0 aliphatic carbocycles. The van der Waals surface area contributed by atoms with Crippen molar-refractivity contribution in [2.75, 3.05) is 12.3 Å². The molecule has 0 aliphatic heterocycles. The first-order valence-corrected chi connectivity index (χ1v) is 12.6. The van der Waals surface area contributed by atoms with Crippen LogP contribution < -0.4 is 10.9 Å². The van der Waals surface area contributed by atoms with Crippen molar-refractivity contribution in [3.05, 3.63) is 69.0 Å². The second kappa shape index (κ2) is 11.0. The molecule has 0 unspecified atom stereocenters. The second-order valence-electron chi connectivity index (χ2n) is 9.57. The number of rotatable bonds is 9. The van der Waals surface area contributed by atoms with Gasteiger partial charge in [0.15, 0.2) is 10.9 Å². The maximum Gasteiger partial charge on any atom is 0.262 e. The predicted molar refractivity (Wildman–Crippen MR) is 139 cm³/mol. The molecule has 0 fully saturated rings. The summed E-state index contributed by atoms with van der Waals surface area (Å²) in [6.45, 7) is 13.1. The molecule has 1 N–H and O–H groups in total. The van der Waals surface area contributed by atoms with Crippen LogP contribution in [0.25, 0.3) is 10.9 Å². The Morgan fingerprint density at radius 1 is 1.03 bits per heavy atom. The molecule has 1 heterocycles. The Balaban J connectivity index is 1.97. The van der Waals surface area contributed by atoms with Crippen molar-refractivity contribution in [1.82, 2.24) is 14.9 Å². The maximum atomic E-state index is 13.3. The van der Waals surface area contributed by atoms with Gasteiger partial charge in [0.2, 0.25) is 0 Å². The lowest BCUT2D eigenvalue weighted by molar-refractivity contribution is 0.0948. The molecule has 6 nitrogen and oxygen atoms in total. The number of benzene rings is 2. The van der Waals surface area contributed by atoms with Crippen molar-refractivity contribution in [2.24, 2.45) is 11.8 Å². The number of ketones is 1. The van der Waals surface area contributed by atoms with Crippen LogP contribution in [0.3, 0.4) is 0 Å². The van der Waals surface area contributed by atoms with E-state index in [4.69, 9.17) is 4.98 Å². The average molecular weight is 480 g/mol. The Morgan fingerprint density at radius 2 is 1.76 bits per heavy atom. The molecule has 0 atom stereocenters. The maximum absolute atomic E-state index is 13.3. The number of amides is 1. The summed E-state index contributed by atoms with van der Waals surface area (Å²) in [6, 6.07) is 10.8. The second-order valence-corrected chi connectivity index (χ2v) is 10.5. The Morgan fingerprint density at radius 3 is 2.44 bits per heavy atom. The van der Waals surface area contributed by atoms with Gasteiger partial charge in [-0.2, -0.15) is 0 Å². The standard InChI is InChI=1S/C27H33N3O3S/c1-16(2)13-28-25(32)20-9-10-21-23(12-20)29-27(30(26(21)33)14-17(3)4)34-15-24(31)22-11-18(5)7-8-19(22)6/h7-12,16-17H,13-15H2,1-6H3,(H,28,32). The summed E-state index contributed by atoms with van der Waals surface area (Å²) in [5.74, 6) is 0.548. The third-order valence-corrected chi connectivity index (χ3v) is 6.40. The van der Waals surface area contributed by atoms with E-state index in [0.29, 0.717) is 46.2 Å². The van der Waals surface area contributed by atoms with Crippen LogP contribution in [0.1, 0.15) is 59.5 Å². The molecule has 7 heteroatoms. The summed E-state index contributed by atoms with van der Waals surface area (Å²) in [4.78, 5) is 43.5. The average Bonchev–Trinajstić information content (AvgIpc) is 2.78. The Bertz CT molecular complexity index is 1280. The number of carbonyl (C=O) groups is 2. The van der Waals surface area contributed by atoms with E-state index in [0.717, 1.165) is 11.1 Å². The van der Waals surface area contributed by atoms with Gasteiger partial charge in [0.25, 0.3) is 11.5 Å². The first kappa shape index (κ1) is 25.7. The number of nitrogens with zero attached hydrogens (tertiary/aromatic N) is 2. The van der Waals surface area contributed by atoms with E-state index in [1.165, 1.54) is 11.8 Å². The van der Waals surface area contributed by atoms with Crippen molar-refractivity contribution in [2.45, 2.75) is 53.2 Å². The number of aryl methyl sites for hydroxylation is 2. The Labute approximate surface area is 205 Å². The first-order chi connectivity index (χ1) is 16.1. The number of Topliss-reactive ketones (excluding diaryl/α,β-unsaturated/α-hetero) is 1. The molecule has 0 spiro atoms. The van der Waals surface area contributed by atoms with Gasteiger partial charge in [0.1, 0.15) is 0 Å². The van der Waals surface area contributed by atoms with Crippen LogP contribution in [-0.4, -0.2) is 33.5 Å². The minimum Gasteiger partial charge on any atom is -0.352 e. The van der Waals surface area contributed by atoms with Gasteiger partial charge in [-0.05, 0) is 55.5 Å². The SMILES string of the molecule is Cc1ccc(C)c(C(=O)CSc2nc3cc(C(=O)NCC(C)C)ccc3c(=O)n2CC(C)C)c1. The van der Waals surface area contributed by atoms with Crippen LogP contribution in [0.15, 0.2) is 46.3 Å². The summed E-state index contributed by atoms with van der Waals surface area (Å²) < 4.78 is 1.65. The molecular weight excluding hydrogens is 446 g/mol. The van der Waals surface area contributed by atoms with Gasteiger partial charge in [-0.25, -0.2) is 4.98 Å². The van der Waals surface area contributed by atoms with Gasteiger partial charge < -0.3 is 5.32 Å². The molecule has 0 bridgehead atoms. The van der Waals surface area contributed by atoms with Crippen LogP contribution in [0, 0.1) is 25.7 Å². The van der Waals surface area contributed by atoms with Crippen LogP contribution in [-0.2, 0) is 6.54 Å². The van der Waals surface area contributed by atoms with Crippen LogP contribution >= 0.6 is 11.8 Å². The summed E-state index contributed by atoms with van der Waals surface area (Å²) in [5.41, 5.74) is 3.42. The zero-order valence-corrected chi connectivity index (χ0v) is 21.6. The van der Waals surface area contributed by atoms with Crippen LogP contribution in [0.2, 0.25) is 0 Å². The number of nitrogens with one attached hydrogen (secondary N) is 1. The summed E-state index contributed by atoms with van der Waals surface area (Å²) in [5, 5.41) is 3.85. The molecule has 0 aliphatic rings. The van der Waals surface area contributed by atoms with Crippen molar-refractivity contribution < 1.29 is 9.59 Å². The fraction of sp³-hybridized carbons (Fsp3) is 0.407. The van der Waals surface area contributed by atoms with Gasteiger partial charge in [0.05, 0.1) is 16.7 Å². The van der Waals surface area contributed by atoms with Crippen molar-refractivity contribution in [3.63, 3.8) is 0 Å². The third kappa shape index (κ3) is 6.14. The highest BCUT2D eigenvalue weighted by molar-refractivity contribution is 7.99. The topological polar surface area (TPSA) is 81.1 Å². The molecule has 180 valence electrons. The highest BCUT2D eigenvalue weighted by Crippen LogP contribution is 2.22. The van der Waals surface area contributed by atoms with Crippen molar-refractivity contribution in [3.8, 4) is 0 Å². The fourth-order valence-corrected chi connectivity index (χ4v) is 4.51. The van der Waals surface area contributed by atoms with E-state index in [-0.39, 0.29) is 28.9 Å². The monoisotopic (exact) mass is 479 g/mol. The quantitative estimate of drug-likeness (QED) is 0.264. The molecule has 1 aromatic heterocycles. The number of carbonyl (C=O) groups excluding carboxylic acids is 2. The van der Waals surface area contributed by atoms with Gasteiger partial charge in [0, 0.05) is 24.2 Å². The molecular formula is C27H33N3O3S. The molecule has 34 heavy (non-hydrogen) atoms. The Kier molecular flexibility index (Phi) is 8.31. The summed E-state index contributed by atoms with van der Waals surface area (Å²) in [7, 11) is 0. The van der Waals surface area contributed by atoms with Gasteiger partial charge in [-0.15, -0.1) is 0 Å². The highest BCUT2D eigenvalue weighted by Gasteiger charge is 2.17. The fourth-order valence-electron chi connectivity index (χ4n) is 3.62. The predicted octanol–water partition coefficient (Wildman–Crippen LogP) is 5.03. The summed E-state index contributed by atoms with van der Waals surface area (Å²) >= 11 is 1.27. The minimum atomic E-state index is -0.192. The van der Waals surface area contributed by atoms with E-state index >= 15 is 0 Å². The van der Waals surface area contributed by atoms with E-state index in [2.05, 4.69) is 5.32 Å². The molecule has 0 saturated heterocycles. The highest BCUT2D eigenvalue weighted by atomic mass is 32.2. The lowest BCUT2D eigenvalue weighted by Crippen LogP contribution is -2.28. The van der Waals surface area contributed by atoms with E-state index in [9.17, 15) is 14.4 Å². The Hall–Kier alpha value is -2.93. The summed E-state index contributed by atoms with van der Waals surface area (Å²) in [6.07, 6.45) is 0. The molecule has 3 aromatic rings. The third-order valence-electron chi connectivity index (χ3n) is 5.43. The molecule has 0 radical (unpaired) electrons. The number of fused-ring (bicyclic) bond motifs is 1. The van der Waals surface area contributed by atoms with E-state index < -0.39 is 0 Å². The number of thioether (sulfide) groups is 1. The molecule has 1 amide bonds. The van der Waals surface area contributed by atoms with Crippen molar-refractivity contribution >= 4 is 34.4 Å². The van der Waals surface area contributed by atoms with Gasteiger partial charge >= 0.3 is 0 Å². The van der Waals surface area contributed by atoms with E-state index in [1.54, 1.807) is 22.8 Å². The normalized spacial score (nSPS) is 11.4. The lowest BCUT2D eigenvalue weighted by Gasteiger charge is -2.15. The number of hydrogen-bond acceptors (Lipinski definition) is 5. The largest absolute Gasteiger partial charge is 0.352 e. The number of aromatic nitrogens is 2. The van der Waals surface area contributed by atoms with Gasteiger partial charge in [-0.3, -0.25) is 19.0 Å². The smallest absolute Gasteiger partial charge is 0.262 e. The zero-order chi connectivity index (χ0) is 25.0. The van der Waals surface area contributed by atoms with Crippen LogP contribution in [0.4, 0.5) is 0 Å². The zero-order valence-electron chi connectivity index (χ0n) is 20.8. The van der Waals surface area contributed by atoms with Crippen LogP contribution in [0.5, 0.6) is 0 Å².